The molecule has 1 aliphatic heterocycles. The Bertz CT molecular complexity index is 621. The minimum absolute atomic E-state index is 0.166. The molecule has 2 aromatic rings. The molecule has 3 rings (SSSR count). The SMILES string of the molecule is COc1cccc(C2CCCN2C(=O)CCc2ccco2)c1. The molecule has 1 saturated heterocycles. The Morgan fingerprint density at radius 3 is 3.05 bits per heavy atom. The van der Waals surface area contributed by atoms with Crippen LogP contribution in [-0.2, 0) is 11.2 Å². The second kappa shape index (κ2) is 6.69. The van der Waals surface area contributed by atoms with Crippen LogP contribution in [0.5, 0.6) is 5.75 Å². The van der Waals surface area contributed by atoms with Crippen LogP contribution in [0.15, 0.2) is 47.1 Å². The molecule has 4 heteroatoms. The third kappa shape index (κ3) is 3.16. The lowest BCUT2D eigenvalue weighted by Crippen LogP contribution is -2.30. The third-order valence-electron chi connectivity index (χ3n) is 4.22. The third-order valence-corrected chi connectivity index (χ3v) is 4.22. The Labute approximate surface area is 130 Å². The predicted octanol–water partition coefficient (Wildman–Crippen LogP) is 3.58. The first-order valence-corrected chi connectivity index (χ1v) is 7.74. The highest BCUT2D eigenvalue weighted by Gasteiger charge is 2.29. The van der Waals surface area contributed by atoms with Gasteiger partial charge in [0.2, 0.25) is 5.91 Å². The second-order valence-electron chi connectivity index (χ2n) is 5.60. The first-order chi connectivity index (χ1) is 10.8. The van der Waals surface area contributed by atoms with Crippen LogP contribution in [0.2, 0.25) is 0 Å². The maximum Gasteiger partial charge on any atom is 0.223 e. The van der Waals surface area contributed by atoms with Crippen molar-refractivity contribution in [3.63, 3.8) is 0 Å². The van der Waals surface area contributed by atoms with Crippen molar-refractivity contribution < 1.29 is 13.9 Å². The molecule has 0 N–H and O–H groups in total. The van der Waals surface area contributed by atoms with E-state index in [0.717, 1.165) is 36.5 Å². The van der Waals surface area contributed by atoms with Gasteiger partial charge in [-0.05, 0) is 42.7 Å². The lowest BCUT2D eigenvalue weighted by Gasteiger charge is -2.25. The van der Waals surface area contributed by atoms with E-state index in [0.29, 0.717) is 12.8 Å². The zero-order valence-electron chi connectivity index (χ0n) is 12.8. The summed E-state index contributed by atoms with van der Waals surface area (Å²) in [5.41, 5.74) is 1.16. The Morgan fingerprint density at radius 2 is 2.27 bits per heavy atom. The van der Waals surface area contributed by atoms with Crippen LogP contribution < -0.4 is 4.74 Å². The van der Waals surface area contributed by atoms with Gasteiger partial charge in [-0.15, -0.1) is 0 Å². The van der Waals surface area contributed by atoms with Crippen LogP contribution in [0.1, 0.15) is 36.6 Å². The van der Waals surface area contributed by atoms with Crippen LogP contribution in [-0.4, -0.2) is 24.5 Å². The molecule has 1 unspecified atom stereocenters. The van der Waals surface area contributed by atoms with E-state index in [1.165, 1.54) is 0 Å². The number of carbonyl (C=O) groups is 1. The number of amides is 1. The average molecular weight is 299 g/mol. The quantitative estimate of drug-likeness (QED) is 0.847. The van der Waals surface area contributed by atoms with Crippen LogP contribution in [0.25, 0.3) is 0 Å². The van der Waals surface area contributed by atoms with E-state index in [9.17, 15) is 4.79 Å². The molecule has 0 radical (unpaired) electrons. The molecule has 1 aromatic heterocycles. The Morgan fingerprint density at radius 1 is 1.36 bits per heavy atom. The summed E-state index contributed by atoms with van der Waals surface area (Å²) in [6.45, 7) is 0.832. The Balaban J connectivity index is 1.68. The molecular formula is C18H21NO3. The molecule has 1 aromatic carbocycles. The van der Waals surface area contributed by atoms with Crippen molar-refractivity contribution in [1.29, 1.82) is 0 Å². The minimum atomic E-state index is 0.166. The van der Waals surface area contributed by atoms with Crippen molar-refractivity contribution in [3.05, 3.63) is 54.0 Å². The monoisotopic (exact) mass is 299 g/mol. The van der Waals surface area contributed by atoms with Gasteiger partial charge < -0.3 is 14.1 Å². The highest BCUT2D eigenvalue weighted by molar-refractivity contribution is 5.77. The largest absolute Gasteiger partial charge is 0.497 e. The van der Waals surface area contributed by atoms with Gasteiger partial charge in [0, 0.05) is 19.4 Å². The highest BCUT2D eigenvalue weighted by Crippen LogP contribution is 2.34. The number of carbonyl (C=O) groups excluding carboxylic acids is 1. The fraction of sp³-hybridized carbons (Fsp3) is 0.389. The molecule has 1 atom stereocenters. The van der Waals surface area contributed by atoms with Crippen molar-refractivity contribution in [2.24, 2.45) is 0 Å². The molecule has 2 heterocycles. The molecule has 0 saturated carbocycles. The number of likely N-dealkylation sites (tertiary alicyclic amines) is 1. The van der Waals surface area contributed by atoms with Gasteiger partial charge in [-0.25, -0.2) is 0 Å². The molecule has 1 aliphatic rings. The van der Waals surface area contributed by atoms with Gasteiger partial charge in [0.25, 0.3) is 0 Å². The number of ether oxygens (including phenoxy) is 1. The fourth-order valence-electron chi connectivity index (χ4n) is 3.09. The first kappa shape index (κ1) is 14.7. The van der Waals surface area contributed by atoms with Crippen molar-refractivity contribution in [1.82, 2.24) is 4.90 Å². The van der Waals surface area contributed by atoms with Crippen molar-refractivity contribution in [2.75, 3.05) is 13.7 Å². The highest BCUT2D eigenvalue weighted by atomic mass is 16.5. The summed E-state index contributed by atoms with van der Waals surface area (Å²) in [6.07, 6.45) is 4.86. The van der Waals surface area contributed by atoms with E-state index >= 15 is 0 Å². The molecule has 0 bridgehead atoms. The fourth-order valence-corrected chi connectivity index (χ4v) is 3.09. The first-order valence-electron chi connectivity index (χ1n) is 7.74. The lowest BCUT2D eigenvalue weighted by atomic mass is 10.0. The number of furan rings is 1. The summed E-state index contributed by atoms with van der Waals surface area (Å²) in [4.78, 5) is 14.5. The smallest absolute Gasteiger partial charge is 0.223 e. The van der Waals surface area contributed by atoms with Gasteiger partial charge >= 0.3 is 0 Å². The average Bonchev–Trinajstić information content (AvgIpc) is 3.24. The van der Waals surface area contributed by atoms with E-state index in [-0.39, 0.29) is 11.9 Å². The van der Waals surface area contributed by atoms with Gasteiger partial charge in [-0.1, -0.05) is 12.1 Å². The topological polar surface area (TPSA) is 42.7 Å². The van der Waals surface area contributed by atoms with Gasteiger partial charge in [0.05, 0.1) is 19.4 Å². The summed E-state index contributed by atoms with van der Waals surface area (Å²) in [7, 11) is 1.67. The van der Waals surface area contributed by atoms with Gasteiger partial charge in [0.1, 0.15) is 11.5 Å². The molecule has 22 heavy (non-hydrogen) atoms. The number of aryl methyl sites for hydroxylation is 1. The maximum atomic E-state index is 12.5. The summed E-state index contributed by atoms with van der Waals surface area (Å²) < 4.78 is 10.6. The van der Waals surface area contributed by atoms with Crippen LogP contribution in [0.3, 0.4) is 0 Å². The van der Waals surface area contributed by atoms with E-state index in [1.54, 1.807) is 13.4 Å². The molecule has 0 spiro atoms. The zero-order chi connectivity index (χ0) is 15.4. The molecule has 1 amide bonds. The standard InChI is InChI=1S/C18H21NO3/c1-21-16-6-2-5-14(13-16)17-8-3-11-19(17)18(20)10-9-15-7-4-12-22-15/h2,4-7,12-13,17H,3,8-11H2,1H3. The Kier molecular flexibility index (Phi) is 4.47. The molecule has 0 aliphatic carbocycles. The van der Waals surface area contributed by atoms with E-state index in [1.807, 2.05) is 35.2 Å². The predicted molar refractivity (Wildman–Crippen MR) is 83.7 cm³/mol. The number of hydrogen-bond donors (Lipinski definition) is 0. The van der Waals surface area contributed by atoms with Crippen molar-refractivity contribution in [2.45, 2.75) is 31.7 Å². The minimum Gasteiger partial charge on any atom is -0.497 e. The molecule has 116 valence electrons. The summed E-state index contributed by atoms with van der Waals surface area (Å²) in [6, 6.07) is 12.0. The number of benzene rings is 1. The van der Waals surface area contributed by atoms with Gasteiger partial charge in [0.15, 0.2) is 0 Å². The normalized spacial score (nSPS) is 17.7. The van der Waals surface area contributed by atoms with Crippen LogP contribution >= 0.6 is 0 Å². The van der Waals surface area contributed by atoms with Gasteiger partial charge in [-0.3, -0.25) is 4.79 Å². The Hall–Kier alpha value is -2.23. The molecule has 4 nitrogen and oxygen atoms in total. The van der Waals surface area contributed by atoms with E-state index in [4.69, 9.17) is 9.15 Å². The van der Waals surface area contributed by atoms with Crippen molar-refractivity contribution >= 4 is 5.91 Å². The summed E-state index contributed by atoms with van der Waals surface area (Å²) in [5, 5.41) is 0. The van der Waals surface area contributed by atoms with Crippen LogP contribution in [0, 0.1) is 0 Å². The number of methoxy groups -OCH3 is 1. The second-order valence-corrected chi connectivity index (χ2v) is 5.60. The van der Waals surface area contributed by atoms with Crippen molar-refractivity contribution in [3.8, 4) is 5.75 Å². The number of hydrogen-bond acceptors (Lipinski definition) is 3. The summed E-state index contributed by atoms with van der Waals surface area (Å²) >= 11 is 0. The number of nitrogens with zero attached hydrogens (tertiary/aromatic N) is 1. The lowest BCUT2D eigenvalue weighted by molar-refractivity contribution is -0.132. The zero-order valence-corrected chi connectivity index (χ0v) is 12.8. The number of rotatable bonds is 5. The summed E-state index contributed by atoms with van der Waals surface area (Å²) in [5.74, 6) is 1.90. The van der Waals surface area contributed by atoms with Crippen LogP contribution in [0.4, 0.5) is 0 Å². The van der Waals surface area contributed by atoms with Gasteiger partial charge in [-0.2, -0.15) is 0 Å². The molecular weight excluding hydrogens is 278 g/mol. The molecule has 1 fully saturated rings. The van der Waals surface area contributed by atoms with E-state index < -0.39 is 0 Å². The maximum absolute atomic E-state index is 12.5. The van der Waals surface area contributed by atoms with E-state index in [2.05, 4.69) is 6.07 Å².